The van der Waals surface area contributed by atoms with E-state index >= 15 is 0 Å². The molecule has 1 unspecified atom stereocenters. The van der Waals surface area contributed by atoms with Crippen LogP contribution in [-0.2, 0) is 14.2 Å². The normalized spacial score (nSPS) is 22.7. The number of ether oxygens (including phenoxy) is 3. The number of nitrogens with one attached hydrogen (secondary N) is 2. The van der Waals surface area contributed by atoms with Crippen LogP contribution in [0.3, 0.4) is 0 Å². The van der Waals surface area contributed by atoms with Crippen LogP contribution in [0.1, 0.15) is 32.6 Å². The van der Waals surface area contributed by atoms with Crippen LogP contribution in [0.5, 0.6) is 0 Å². The van der Waals surface area contributed by atoms with E-state index in [9.17, 15) is 0 Å². The molecule has 0 saturated carbocycles. The third kappa shape index (κ3) is 8.66. The molecule has 0 radical (unpaired) electrons. The van der Waals surface area contributed by atoms with Gasteiger partial charge < -0.3 is 29.7 Å². The summed E-state index contributed by atoms with van der Waals surface area (Å²) in [7, 11) is 1.77. The van der Waals surface area contributed by atoms with Crippen molar-refractivity contribution in [2.45, 2.75) is 38.7 Å². The first-order valence-corrected chi connectivity index (χ1v) is 10.2. The SMILES string of the molecule is CCNC(=NCC1CCN(CCOC)CC1)NCCCOC1CCOC1. The van der Waals surface area contributed by atoms with Crippen LogP contribution < -0.4 is 10.6 Å². The van der Waals surface area contributed by atoms with Gasteiger partial charge >= 0.3 is 0 Å². The summed E-state index contributed by atoms with van der Waals surface area (Å²) in [6.45, 7) is 11.4. The predicted molar refractivity (Wildman–Crippen MR) is 105 cm³/mol. The highest BCUT2D eigenvalue weighted by Gasteiger charge is 2.18. The second-order valence-electron chi connectivity index (χ2n) is 7.13. The van der Waals surface area contributed by atoms with Crippen molar-refractivity contribution in [2.75, 3.05) is 72.8 Å². The average Bonchev–Trinajstić information content (AvgIpc) is 3.18. The third-order valence-electron chi connectivity index (χ3n) is 5.03. The van der Waals surface area contributed by atoms with Gasteiger partial charge in [-0.05, 0) is 51.6 Å². The minimum atomic E-state index is 0.298. The molecular weight excluding hydrogens is 332 g/mol. The molecule has 2 fully saturated rings. The summed E-state index contributed by atoms with van der Waals surface area (Å²) < 4.78 is 16.3. The lowest BCUT2D eigenvalue weighted by Crippen LogP contribution is -2.39. The van der Waals surface area contributed by atoms with E-state index in [4.69, 9.17) is 19.2 Å². The quantitative estimate of drug-likeness (QED) is 0.322. The molecule has 1 atom stereocenters. The molecule has 2 saturated heterocycles. The van der Waals surface area contributed by atoms with Crippen molar-refractivity contribution < 1.29 is 14.2 Å². The maximum absolute atomic E-state index is 5.80. The summed E-state index contributed by atoms with van der Waals surface area (Å²) in [6, 6.07) is 0. The van der Waals surface area contributed by atoms with Gasteiger partial charge in [-0.3, -0.25) is 4.99 Å². The largest absolute Gasteiger partial charge is 0.383 e. The van der Waals surface area contributed by atoms with Gasteiger partial charge in [-0.25, -0.2) is 0 Å². The van der Waals surface area contributed by atoms with Crippen LogP contribution >= 0.6 is 0 Å². The van der Waals surface area contributed by atoms with Gasteiger partial charge in [-0.15, -0.1) is 0 Å². The number of likely N-dealkylation sites (tertiary alicyclic amines) is 1. The topological polar surface area (TPSA) is 67.4 Å². The Labute approximate surface area is 158 Å². The molecule has 0 bridgehead atoms. The van der Waals surface area contributed by atoms with Crippen LogP contribution in [0.25, 0.3) is 0 Å². The van der Waals surface area contributed by atoms with E-state index in [-0.39, 0.29) is 0 Å². The van der Waals surface area contributed by atoms with Crippen molar-refractivity contribution in [1.82, 2.24) is 15.5 Å². The lowest BCUT2D eigenvalue weighted by Gasteiger charge is -2.31. The van der Waals surface area contributed by atoms with E-state index in [2.05, 4.69) is 22.5 Å². The Morgan fingerprint density at radius 1 is 1.19 bits per heavy atom. The number of hydrogen-bond acceptors (Lipinski definition) is 5. The Morgan fingerprint density at radius 3 is 2.73 bits per heavy atom. The number of nitrogens with zero attached hydrogens (tertiary/aromatic N) is 2. The summed E-state index contributed by atoms with van der Waals surface area (Å²) in [6.07, 6.45) is 4.76. The first kappa shape index (κ1) is 21.4. The van der Waals surface area contributed by atoms with Crippen molar-refractivity contribution in [2.24, 2.45) is 10.9 Å². The van der Waals surface area contributed by atoms with E-state index in [0.29, 0.717) is 12.0 Å². The predicted octanol–water partition coefficient (Wildman–Crippen LogP) is 1.10. The van der Waals surface area contributed by atoms with Gasteiger partial charge in [0.15, 0.2) is 5.96 Å². The van der Waals surface area contributed by atoms with Crippen LogP contribution in [0.4, 0.5) is 0 Å². The zero-order valence-corrected chi connectivity index (χ0v) is 16.7. The molecular formula is C19H38N4O3. The Balaban J connectivity index is 1.58. The maximum atomic E-state index is 5.80. The van der Waals surface area contributed by atoms with Gasteiger partial charge in [-0.2, -0.15) is 0 Å². The van der Waals surface area contributed by atoms with Crippen molar-refractivity contribution in [3.8, 4) is 0 Å². The third-order valence-corrected chi connectivity index (χ3v) is 5.03. The molecule has 0 spiro atoms. The molecule has 26 heavy (non-hydrogen) atoms. The fourth-order valence-electron chi connectivity index (χ4n) is 3.35. The van der Waals surface area contributed by atoms with Gasteiger partial charge in [-0.1, -0.05) is 0 Å². The maximum Gasteiger partial charge on any atom is 0.191 e. The van der Waals surface area contributed by atoms with Gasteiger partial charge in [0.1, 0.15) is 0 Å². The molecule has 0 amide bonds. The Bertz CT molecular complexity index is 381. The van der Waals surface area contributed by atoms with Crippen LogP contribution in [0, 0.1) is 5.92 Å². The summed E-state index contributed by atoms with van der Waals surface area (Å²) in [5, 5.41) is 6.77. The second-order valence-corrected chi connectivity index (χ2v) is 7.13. The molecule has 152 valence electrons. The number of methoxy groups -OCH3 is 1. The van der Waals surface area contributed by atoms with Crippen molar-refractivity contribution in [3.05, 3.63) is 0 Å². The fraction of sp³-hybridized carbons (Fsp3) is 0.947. The van der Waals surface area contributed by atoms with Crippen molar-refractivity contribution in [1.29, 1.82) is 0 Å². The minimum absolute atomic E-state index is 0.298. The standard InChI is InChI=1S/C19H38N4O3/c1-3-20-19(21-8-4-12-26-18-7-13-25-16-18)22-15-17-5-9-23(10-6-17)11-14-24-2/h17-18H,3-16H2,1-2H3,(H2,20,21,22). The smallest absolute Gasteiger partial charge is 0.191 e. The summed E-state index contributed by atoms with van der Waals surface area (Å²) in [4.78, 5) is 7.28. The Kier molecular flexibility index (Phi) is 11.0. The lowest BCUT2D eigenvalue weighted by molar-refractivity contribution is 0.0420. The molecule has 2 N–H and O–H groups in total. The molecule has 0 aromatic heterocycles. The zero-order chi connectivity index (χ0) is 18.5. The molecule has 2 rings (SSSR count). The molecule has 7 nitrogen and oxygen atoms in total. The summed E-state index contributed by atoms with van der Waals surface area (Å²) in [5.41, 5.74) is 0. The van der Waals surface area contributed by atoms with E-state index < -0.39 is 0 Å². The number of rotatable bonds is 11. The Hall–Kier alpha value is -0.890. The molecule has 0 aromatic carbocycles. The molecule has 7 heteroatoms. The van der Waals surface area contributed by atoms with Crippen molar-refractivity contribution in [3.63, 3.8) is 0 Å². The van der Waals surface area contributed by atoms with Gasteiger partial charge in [0.2, 0.25) is 0 Å². The molecule has 0 aliphatic carbocycles. The number of piperidine rings is 1. The van der Waals surface area contributed by atoms with E-state index in [1.807, 2.05) is 0 Å². The highest BCUT2D eigenvalue weighted by atomic mass is 16.5. The fourth-order valence-corrected chi connectivity index (χ4v) is 3.35. The lowest BCUT2D eigenvalue weighted by atomic mass is 9.97. The molecule has 2 heterocycles. The van der Waals surface area contributed by atoms with E-state index in [1.165, 1.54) is 12.8 Å². The van der Waals surface area contributed by atoms with E-state index in [1.54, 1.807) is 7.11 Å². The zero-order valence-electron chi connectivity index (χ0n) is 16.7. The monoisotopic (exact) mass is 370 g/mol. The van der Waals surface area contributed by atoms with Crippen molar-refractivity contribution >= 4 is 5.96 Å². The van der Waals surface area contributed by atoms with Crippen LogP contribution in [0.15, 0.2) is 4.99 Å². The highest BCUT2D eigenvalue weighted by Crippen LogP contribution is 2.17. The van der Waals surface area contributed by atoms with E-state index in [0.717, 1.165) is 84.5 Å². The summed E-state index contributed by atoms with van der Waals surface area (Å²) in [5.74, 6) is 1.62. The molecule has 2 aliphatic rings. The summed E-state index contributed by atoms with van der Waals surface area (Å²) >= 11 is 0. The van der Waals surface area contributed by atoms with Gasteiger partial charge in [0, 0.05) is 46.5 Å². The minimum Gasteiger partial charge on any atom is -0.383 e. The average molecular weight is 371 g/mol. The first-order chi connectivity index (χ1) is 12.8. The van der Waals surface area contributed by atoms with Gasteiger partial charge in [0.25, 0.3) is 0 Å². The molecule has 2 aliphatic heterocycles. The number of aliphatic imine (C=N–C) groups is 1. The first-order valence-electron chi connectivity index (χ1n) is 10.2. The number of hydrogen-bond donors (Lipinski definition) is 2. The number of guanidine groups is 1. The van der Waals surface area contributed by atoms with Crippen LogP contribution in [0.2, 0.25) is 0 Å². The van der Waals surface area contributed by atoms with Crippen LogP contribution in [-0.4, -0.2) is 89.8 Å². The van der Waals surface area contributed by atoms with Gasteiger partial charge in [0.05, 0.1) is 19.3 Å². The molecule has 0 aromatic rings. The Morgan fingerprint density at radius 2 is 2.04 bits per heavy atom. The second kappa shape index (κ2) is 13.3. The highest BCUT2D eigenvalue weighted by molar-refractivity contribution is 5.79.